The van der Waals surface area contributed by atoms with Crippen molar-refractivity contribution in [2.45, 2.75) is 77.1 Å². The van der Waals surface area contributed by atoms with E-state index >= 15 is 0 Å². The van der Waals surface area contributed by atoms with Crippen LogP contribution in [0.5, 0.6) is 5.75 Å². The molecular weight excluding hydrogens is 420 g/mol. The molecule has 1 unspecified atom stereocenters. The number of aliphatic hydroxyl groups excluding tert-OH is 1. The molecule has 33 heavy (non-hydrogen) atoms. The van der Waals surface area contributed by atoms with Crippen molar-refractivity contribution in [1.82, 2.24) is 0 Å². The third-order valence-electron chi connectivity index (χ3n) is 6.55. The van der Waals surface area contributed by atoms with Gasteiger partial charge in [-0.2, -0.15) is 0 Å². The van der Waals surface area contributed by atoms with Gasteiger partial charge in [0.1, 0.15) is 18.0 Å². The fourth-order valence-electron chi connectivity index (χ4n) is 4.82. The van der Waals surface area contributed by atoms with Crippen molar-refractivity contribution in [1.29, 1.82) is 0 Å². The largest absolute Gasteiger partial charge is 0.489 e. The molecule has 2 aliphatic rings. The summed E-state index contributed by atoms with van der Waals surface area (Å²) in [6.45, 7) is 5.18. The molecule has 0 amide bonds. The summed E-state index contributed by atoms with van der Waals surface area (Å²) in [6.07, 6.45) is 5.76. The Kier molecular flexibility index (Phi) is 8.57. The van der Waals surface area contributed by atoms with Gasteiger partial charge in [-0.1, -0.05) is 37.3 Å². The van der Waals surface area contributed by atoms with E-state index < -0.39 is 6.10 Å². The van der Waals surface area contributed by atoms with Gasteiger partial charge in [-0.25, -0.2) is 0 Å². The van der Waals surface area contributed by atoms with Crippen LogP contribution in [0, 0.1) is 23.7 Å². The Labute approximate surface area is 196 Å². The lowest BCUT2D eigenvalue weighted by Crippen LogP contribution is -2.23. The fourth-order valence-corrected chi connectivity index (χ4v) is 4.82. The third-order valence-corrected chi connectivity index (χ3v) is 6.55. The van der Waals surface area contributed by atoms with Gasteiger partial charge in [0, 0.05) is 43.6 Å². The molecule has 0 aromatic heterocycles. The van der Waals surface area contributed by atoms with Crippen LogP contribution in [0.1, 0.15) is 63.5 Å². The van der Waals surface area contributed by atoms with Crippen LogP contribution in [0.4, 0.5) is 0 Å². The van der Waals surface area contributed by atoms with E-state index in [4.69, 9.17) is 14.2 Å². The van der Waals surface area contributed by atoms with E-state index in [1.807, 2.05) is 31.2 Å². The Morgan fingerprint density at radius 2 is 2.15 bits per heavy atom. The van der Waals surface area contributed by atoms with Gasteiger partial charge >= 0.3 is 11.9 Å². The Balaban J connectivity index is 1.81. The number of esters is 2. The first-order valence-corrected chi connectivity index (χ1v) is 11.6. The molecule has 6 nitrogen and oxygen atoms in total. The van der Waals surface area contributed by atoms with Gasteiger partial charge < -0.3 is 19.3 Å². The summed E-state index contributed by atoms with van der Waals surface area (Å²) < 4.78 is 16.8. The van der Waals surface area contributed by atoms with Gasteiger partial charge in [0.05, 0.1) is 13.2 Å². The zero-order chi connectivity index (χ0) is 24.0. The molecule has 1 N–H and O–H groups in total. The molecule has 1 aliphatic carbocycles. The molecule has 1 aromatic rings. The van der Waals surface area contributed by atoms with Crippen molar-refractivity contribution >= 4 is 11.9 Å². The molecule has 1 saturated carbocycles. The normalized spacial score (nSPS) is 24.8. The van der Waals surface area contributed by atoms with E-state index in [1.165, 1.54) is 14.0 Å². The molecule has 0 radical (unpaired) electrons. The van der Waals surface area contributed by atoms with Gasteiger partial charge in [-0.15, -0.1) is 11.8 Å². The Bertz CT molecular complexity index is 940. The monoisotopic (exact) mass is 454 g/mol. The number of rotatable bonds is 9. The van der Waals surface area contributed by atoms with Crippen LogP contribution in [0.2, 0.25) is 0 Å². The molecule has 1 fully saturated rings. The highest BCUT2D eigenvalue weighted by atomic mass is 16.5. The van der Waals surface area contributed by atoms with Crippen molar-refractivity contribution in [2.75, 3.05) is 7.11 Å². The average Bonchev–Trinajstić information content (AvgIpc) is 3.31. The van der Waals surface area contributed by atoms with Crippen molar-refractivity contribution < 1.29 is 28.9 Å². The number of aryl methyl sites for hydroxylation is 1. The standard InChI is InChI=1S/C27H34O6/c1-5-6-9-17(2)22(29)15-14-20-23(32-18(3)28)16-24-26(20)21-12-7-10-19(27(21)33-24)11-8-13-25(30)31-4/h7,10,12,14-15,17,20,22-24,26,29H,8-9,11,13,16H2,1-4H3/b15-14+/t17?,20-,22+,23+,24-,26-/m0/s1. The second kappa shape index (κ2) is 11.4. The van der Waals surface area contributed by atoms with E-state index in [9.17, 15) is 14.7 Å². The quantitative estimate of drug-likeness (QED) is 0.346. The summed E-state index contributed by atoms with van der Waals surface area (Å²) in [6, 6.07) is 6.11. The highest BCUT2D eigenvalue weighted by molar-refractivity contribution is 5.69. The first-order chi connectivity index (χ1) is 15.8. The first kappa shape index (κ1) is 24.9. The lowest BCUT2D eigenvalue weighted by atomic mass is 9.86. The number of carbonyl (C=O) groups excluding carboxylic acids is 2. The number of hydrogen-bond donors (Lipinski definition) is 1. The topological polar surface area (TPSA) is 82.1 Å². The zero-order valence-electron chi connectivity index (χ0n) is 19.9. The highest BCUT2D eigenvalue weighted by Gasteiger charge is 2.50. The Morgan fingerprint density at radius 3 is 2.85 bits per heavy atom. The van der Waals surface area contributed by atoms with E-state index in [2.05, 4.69) is 17.9 Å². The number of carbonyl (C=O) groups is 2. The minimum atomic E-state index is -0.630. The Hall–Kier alpha value is -2.78. The molecule has 0 bridgehead atoms. The van der Waals surface area contributed by atoms with Crippen LogP contribution in [0.25, 0.3) is 0 Å². The van der Waals surface area contributed by atoms with Gasteiger partial charge in [-0.3, -0.25) is 9.59 Å². The van der Waals surface area contributed by atoms with E-state index in [0.717, 1.165) is 23.3 Å². The summed E-state index contributed by atoms with van der Waals surface area (Å²) in [5, 5.41) is 10.6. The molecule has 3 rings (SSSR count). The average molecular weight is 455 g/mol. The second-order valence-electron chi connectivity index (χ2n) is 8.89. The SMILES string of the molecule is CC#CCC(C)[C@H](O)/C=C/[C@@H]1[C@H]2c3cccc(CCCC(=O)OC)c3O[C@H]2C[C@H]1OC(C)=O. The van der Waals surface area contributed by atoms with Crippen molar-refractivity contribution in [3.8, 4) is 17.6 Å². The van der Waals surface area contributed by atoms with Crippen LogP contribution in [-0.2, 0) is 25.5 Å². The summed E-state index contributed by atoms with van der Waals surface area (Å²) in [4.78, 5) is 23.2. The third kappa shape index (κ3) is 5.97. The molecule has 6 atom stereocenters. The first-order valence-electron chi connectivity index (χ1n) is 11.6. The van der Waals surface area contributed by atoms with E-state index in [0.29, 0.717) is 25.7 Å². The van der Waals surface area contributed by atoms with Crippen LogP contribution >= 0.6 is 0 Å². The van der Waals surface area contributed by atoms with Crippen LogP contribution in [0.15, 0.2) is 30.4 Å². The van der Waals surface area contributed by atoms with Crippen molar-refractivity contribution in [3.05, 3.63) is 41.5 Å². The summed E-state index contributed by atoms with van der Waals surface area (Å²) >= 11 is 0. The number of para-hydroxylation sites is 1. The number of aliphatic hydroxyl groups is 1. The lowest BCUT2D eigenvalue weighted by molar-refractivity contribution is -0.147. The van der Waals surface area contributed by atoms with Gasteiger partial charge in [-0.05, 0) is 31.2 Å². The number of hydrogen-bond acceptors (Lipinski definition) is 6. The van der Waals surface area contributed by atoms with E-state index in [1.54, 1.807) is 6.92 Å². The molecule has 0 saturated heterocycles. The second-order valence-corrected chi connectivity index (χ2v) is 8.89. The van der Waals surface area contributed by atoms with E-state index in [-0.39, 0.29) is 41.9 Å². The summed E-state index contributed by atoms with van der Waals surface area (Å²) in [7, 11) is 1.40. The maximum Gasteiger partial charge on any atom is 0.305 e. The van der Waals surface area contributed by atoms with Gasteiger partial charge in [0.15, 0.2) is 0 Å². The Morgan fingerprint density at radius 1 is 1.36 bits per heavy atom. The molecule has 6 heteroatoms. The lowest BCUT2D eigenvalue weighted by Gasteiger charge is -2.22. The van der Waals surface area contributed by atoms with Gasteiger partial charge in [0.2, 0.25) is 0 Å². The fraction of sp³-hybridized carbons (Fsp3) is 0.556. The smallest absolute Gasteiger partial charge is 0.305 e. The molecule has 1 heterocycles. The molecular formula is C27H34O6. The van der Waals surface area contributed by atoms with Crippen LogP contribution in [0.3, 0.4) is 0 Å². The summed E-state index contributed by atoms with van der Waals surface area (Å²) in [5.74, 6) is 6.18. The maximum atomic E-state index is 11.7. The molecule has 1 aliphatic heterocycles. The predicted octanol–water partition coefficient (Wildman–Crippen LogP) is 3.95. The number of methoxy groups -OCH3 is 1. The minimum absolute atomic E-state index is 0.00611. The molecule has 178 valence electrons. The molecule has 1 aromatic carbocycles. The maximum absolute atomic E-state index is 11.7. The summed E-state index contributed by atoms with van der Waals surface area (Å²) in [5.41, 5.74) is 2.17. The van der Waals surface area contributed by atoms with Gasteiger partial charge in [0.25, 0.3) is 0 Å². The van der Waals surface area contributed by atoms with Crippen molar-refractivity contribution in [2.24, 2.45) is 11.8 Å². The minimum Gasteiger partial charge on any atom is -0.489 e. The number of fused-ring (bicyclic) bond motifs is 3. The number of benzene rings is 1. The van der Waals surface area contributed by atoms with Crippen molar-refractivity contribution in [3.63, 3.8) is 0 Å². The van der Waals surface area contributed by atoms with Crippen LogP contribution < -0.4 is 4.74 Å². The number of ether oxygens (including phenoxy) is 3. The highest BCUT2D eigenvalue weighted by Crippen LogP contribution is 2.52. The zero-order valence-corrected chi connectivity index (χ0v) is 19.9. The predicted molar refractivity (Wildman–Crippen MR) is 125 cm³/mol. The molecule has 0 spiro atoms. The van der Waals surface area contributed by atoms with Crippen LogP contribution in [-0.4, -0.2) is 42.5 Å².